The van der Waals surface area contributed by atoms with E-state index in [9.17, 15) is 13.2 Å². The maximum Gasteiger partial charge on any atom is 0.245 e. The second-order valence-electron chi connectivity index (χ2n) is 8.88. The first-order valence-electron chi connectivity index (χ1n) is 11.2. The Morgan fingerprint density at radius 1 is 1.12 bits per heavy atom. The summed E-state index contributed by atoms with van der Waals surface area (Å²) >= 11 is 1.02. The maximum atomic E-state index is 13.3. The number of sulfonamides is 1. The molecule has 3 aliphatic rings. The van der Waals surface area contributed by atoms with E-state index in [0.29, 0.717) is 76.3 Å². The number of ether oxygens (including phenoxy) is 2. The molecule has 3 aliphatic heterocycles. The molecule has 1 aromatic carbocycles. The lowest BCUT2D eigenvalue weighted by Crippen LogP contribution is -2.51. The van der Waals surface area contributed by atoms with Gasteiger partial charge in [0.2, 0.25) is 15.9 Å². The summed E-state index contributed by atoms with van der Waals surface area (Å²) in [5.41, 5.74) is 0.704. The molecular formula is C21H28N4O5S2. The van der Waals surface area contributed by atoms with Gasteiger partial charge in [0, 0.05) is 39.2 Å². The summed E-state index contributed by atoms with van der Waals surface area (Å²) in [5.74, 6) is 0.470. The van der Waals surface area contributed by atoms with Gasteiger partial charge in [-0.3, -0.25) is 4.79 Å². The van der Waals surface area contributed by atoms with Gasteiger partial charge in [0.15, 0.2) is 0 Å². The van der Waals surface area contributed by atoms with Crippen LogP contribution in [-0.4, -0.2) is 83.9 Å². The van der Waals surface area contributed by atoms with Crippen LogP contribution >= 0.6 is 11.7 Å². The van der Waals surface area contributed by atoms with Crippen LogP contribution in [0.25, 0.3) is 11.0 Å². The predicted molar refractivity (Wildman–Crippen MR) is 119 cm³/mol. The SMILES string of the molecule is O=C(CC1CCOC2(CCN(S(=O)(=O)c3cccc4nsnc34)CC2)C1)N1CCOCC1. The highest BCUT2D eigenvalue weighted by molar-refractivity contribution is 7.89. The summed E-state index contributed by atoms with van der Waals surface area (Å²) in [6.07, 6.45) is 3.49. The minimum absolute atomic E-state index is 0.195. The van der Waals surface area contributed by atoms with Crippen LogP contribution in [0.5, 0.6) is 0 Å². The van der Waals surface area contributed by atoms with Crippen molar-refractivity contribution >= 4 is 38.7 Å². The zero-order valence-corrected chi connectivity index (χ0v) is 19.6. The molecule has 1 aromatic heterocycles. The average Bonchev–Trinajstić information content (AvgIpc) is 3.29. The number of amides is 1. The van der Waals surface area contributed by atoms with Crippen LogP contribution in [-0.2, 0) is 24.3 Å². The van der Waals surface area contributed by atoms with Gasteiger partial charge in [-0.15, -0.1) is 0 Å². The summed E-state index contributed by atoms with van der Waals surface area (Å²) in [4.78, 5) is 14.8. The second kappa shape index (κ2) is 8.94. The number of benzene rings is 1. The molecule has 32 heavy (non-hydrogen) atoms. The zero-order chi connectivity index (χ0) is 22.2. The molecule has 5 rings (SSSR count). The molecule has 0 radical (unpaired) electrons. The van der Waals surface area contributed by atoms with Crippen molar-refractivity contribution in [1.82, 2.24) is 18.0 Å². The van der Waals surface area contributed by atoms with Crippen LogP contribution in [0.1, 0.15) is 32.1 Å². The van der Waals surface area contributed by atoms with Gasteiger partial charge in [-0.05, 0) is 43.7 Å². The quantitative estimate of drug-likeness (QED) is 0.658. The summed E-state index contributed by atoms with van der Waals surface area (Å²) in [6, 6.07) is 5.09. The number of aromatic nitrogens is 2. The second-order valence-corrected chi connectivity index (χ2v) is 11.3. The monoisotopic (exact) mass is 480 g/mol. The van der Waals surface area contributed by atoms with E-state index in [2.05, 4.69) is 8.75 Å². The largest absolute Gasteiger partial charge is 0.378 e. The third-order valence-electron chi connectivity index (χ3n) is 6.92. The first-order chi connectivity index (χ1) is 15.5. The Hall–Kier alpha value is -1.66. The molecule has 9 nitrogen and oxygen atoms in total. The number of carbonyl (C=O) groups is 1. The van der Waals surface area contributed by atoms with Crippen molar-refractivity contribution in [3.63, 3.8) is 0 Å². The smallest absolute Gasteiger partial charge is 0.245 e. The van der Waals surface area contributed by atoms with Crippen LogP contribution in [0.2, 0.25) is 0 Å². The van der Waals surface area contributed by atoms with Crippen molar-refractivity contribution in [1.29, 1.82) is 0 Å². The van der Waals surface area contributed by atoms with Gasteiger partial charge < -0.3 is 14.4 Å². The lowest BCUT2D eigenvalue weighted by Gasteiger charge is -2.46. The molecule has 0 saturated carbocycles. The zero-order valence-electron chi connectivity index (χ0n) is 17.9. The number of morpholine rings is 1. The molecule has 3 fully saturated rings. The van der Waals surface area contributed by atoms with Gasteiger partial charge in [0.25, 0.3) is 0 Å². The van der Waals surface area contributed by atoms with Gasteiger partial charge in [-0.2, -0.15) is 13.1 Å². The van der Waals surface area contributed by atoms with Gasteiger partial charge in [0.05, 0.1) is 30.5 Å². The number of rotatable bonds is 4. The molecule has 1 unspecified atom stereocenters. The van der Waals surface area contributed by atoms with Crippen molar-refractivity contribution < 1.29 is 22.7 Å². The first kappa shape index (κ1) is 22.1. The molecule has 1 spiro atoms. The van der Waals surface area contributed by atoms with E-state index in [0.717, 1.165) is 24.6 Å². The lowest BCUT2D eigenvalue weighted by molar-refractivity contribution is -0.143. The fraction of sp³-hybridized carbons (Fsp3) is 0.667. The normalized spacial score (nSPS) is 24.8. The Balaban J connectivity index is 1.23. The van der Waals surface area contributed by atoms with Crippen LogP contribution < -0.4 is 0 Å². The molecule has 11 heteroatoms. The molecule has 1 amide bonds. The average molecular weight is 481 g/mol. The fourth-order valence-electron chi connectivity index (χ4n) is 5.10. The molecule has 2 aromatic rings. The highest BCUT2D eigenvalue weighted by Gasteiger charge is 2.43. The summed E-state index contributed by atoms with van der Waals surface area (Å²) in [7, 11) is -3.65. The molecule has 1 atom stereocenters. The fourth-order valence-corrected chi connectivity index (χ4v) is 7.30. The Morgan fingerprint density at radius 3 is 2.69 bits per heavy atom. The molecular weight excluding hydrogens is 452 g/mol. The summed E-state index contributed by atoms with van der Waals surface area (Å²) in [6.45, 7) is 3.98. The Bertz CT molecular complexity index is 1070. The number of hydrogen-bond acceptors (Lipinski definition) is 8. The van der Waals surface area contributed by atoms with Crippen molar-refractivity contribution in [2.75, 3.05) is 46.0 Å². The third kappa shape index (κ3) is 4.28. The number of nitrogens with zero attached hydrogens (tertiary/aromatic N) is 4. The number of piperidine rings is 1. The summed E-state index contributed by atoms with van der Waals surface area (Å²) < 4.78 is 48.1. The van der Waals surface area contributed by atoms with Crippen LogP contribution in [0, 0.1) is 5.92 Å². The van der Waals surface area contributed by atoms with Crippen LogP contribution in [0.3, 0.4) is 0 Å². The summed E-state index contributed by atoms with van der Waals surface area (Å²) in [5, 5.41) is 0. The topological polar surface area (TPSA) is 102 Å². The highest BCUT2D eigenvalue weighted by Crippen LogP contribution is 2.40. The molecule has 0 aliphatic carbocycles. The third-order valence-corrected chi connectivity index (χ3v) is 9.40. The maximum absolute atomic E-state index is 13.3. The Kier molecular flexibility index (Phi) is 6.19. The van der Waals surface area contributed by atoms with Gasteiger partial charge in [-0.1, -0.05) is 6.07 Å². The number of fused-ring (bicyclic) bond motifs is 1. The minimum atomic E-state index is -3.65. The van der Waals surface area contributed by atoms with Crippen molar-refractivity contribution in [3.05, 3.63) is 18.2 Å². The molecule has 174 valence electrons. The number of hydrogen-bond donors (Lipinski definition) is 0. The van der Waals surface area contributed by atoms with Gasteiger partial charge in [0.1, 0.15) is 15.9 Å². The molecule has 3 saturated heterocycles. The van der Waals surface area contributed by atoms with Crippen molar-refractivity contribution in [2.45, 2.75) is 42.6 Å². The van der Waals surface area contributed by atoms with E-state index in [4.69, 9.17) is 9.47 Å². The highest BCUT2D eigenvalue weighted by atomic mass is 32.2. The van der Waals surface area contributed by atoms with E-state index < -0.39 is 10.0 Å². The van der Waals surface area contributed by atoms with Crippen LogP contribution in [0.4, 0.5) is 0 Å². The first-order valence-corrected chi connectivity index (χ1v) is 13.3. The van der Waals surface area contributed by atoms with Crippen molar-refractivity contribution in [3.8, 4) is 0 Å². The predicted octanol–water partition coefficient (Wildman–Crippen LogP) is 1.89. The van der Waals surface area contributed by atoms with E-state index in [-0.39, 0.29) is 22.3 Å². The van der Waals surface area contributed by atoms with E-state index in [1.807, 2.05) is 4.90 Å². The van der Waals surface area contributed by atoms with Gasteiger partial charge >= 0.3 is 0 Å². The minimum Gasteiger partial charge on any atom is -0.378 e. The van der Waals surface area contributed by atoms with Crippen LogP contribution in [0.15, 0.2) is 23.1 Å². The van der Waals surface area contributed by atoms with Gasteiger partial charge in [-0.25, -0.2) is 8.42 Å². The lowest BCUT2D eigenvalue weighted by atomic mass is 9.78. The van der Waals surface area contributed by atoms with E-state index >= 15 is 0 Å². The molecule has 0 bridgehead atoms. The Labute approximate surface area is 192 Å². The molecule has 4 heterocycles. The molecule has 0 N–H and O–H groups in total. The van der Waals surface area contributed by atoms with Crippen molar-refractivity contribution in [2.24, 2.45) is 5.92 Å². The van der Waals surface area contributed by atoms with E-state index in [1.165, 1.54) is 4.31 Å². The van der Waals surface area contributed by atoms with E-state index in [1.54, 1.807) is 18.2 Å². The standard InChI is InChI=1S/C21H28N4O5S2/c26-19(24-9-12-29-13-10-24)14-16-4-11-30-21(15-16)5-7-25(8-6-21)32(27,28)18-3-1-2-17-20(18)23-31-22-17/h1-3,16H,4-15H2. The number of carbonyl (C=O) groups excluding carboxylic acids is 1. The Morgan fingerprint density at radius 2 is 1.91 bits per heavy atom.